The molecule has 1 rings (SSSR count). The molecule has 2 unspecified atom stereocenters. The van der Waals surface area contributed by atoms with E-state index in [2.05, 4.69) is 4.90 Å². The SMILES string of the molecule is NCC1CCCCN1CCCS(=O)[O-]. The van der Waals surface area contributed by atoms with E-state index in [1.54, 1.807) is 0 Å². The van der Waals surface area contributed by atoms with Gasteiger partial charge in [0, 0.05) is 18.3 Å². The Kier molecular flexibility index (Phi) is 5.62. The van der Waals surface area contributed by atoms with Crippen molar-refractivity contribution >= 4 is 11.1 Å². The first-order valence-electron chi connectivity index (χ1n) is 5.24. The van der Waals surface area contributed by atoms with Crippen molar-refractivity contribution in [1.29, 1.82) is 0 Å². The second kappa shape index (κ2) is 6.50. The van der Waals surface area contributed by atoms with Crippen LogP contribution in [0.5, 0.6) is 0 Å². The smallest absolute Gasteiger partial charge is 0.0218 e. The topological polar surface area (TPSA) is 69.4 Å². The summed E-state index contributed by atoms with van der Waals surface area (Å²) in [5.74, 6) is 0.272. The summed E-state index contributed by atoms with van der Waals surface area (Å²) in [5, 5.41) is 0. The van der Waals surface area contributed by atoms with Gasteiger partial charge in [-0.05, 0) is 32.4 Å². The summed E-state index contributed by atoms with van der Waals surface area (Å²) in [6.45, 7) is 2.64. The van der Waals surface area contributed by atoms with Crippen molar-refractivity contribution in [3.63, 3.8) is 0 Å². The number of nitrogens with two attached hydrogens (primary N) is 1. The molecule has 0 saturated carbocycles. The fourth-order valence-electron chi connectivity index (χ4n) is 2.01. The molecule has 1 saturated heterocycles. The Balaban J connectivity index is 2.22. The average molecular weight is 219 g/mol. The van der Waals surface area contributed by atoms with Gasteiger partial charge < -0.3 is 10.3 Å². The van der Waals surface area contributed by atoms with E-state index in [0.717, 1.165) is 25.9 Å². The van der Waals surface area contributed by atoms with Crippen LogP contribution >= 0.6 is 0 Å². The van der Waals surface area contributed by atoms with Crippen molar-refractivity contribution < 1.29 is 8.76 Å². The van der Waals surface area contributed by atoms with E-state index in [0.29, 0.717) is 12.6 Å². The van der Waals surface area contributed by atoms with Gasteiger partial charge in [0.05, 0.1) is 0 Å². The molecular formula is C9H19N2O2S-. The molecule has 0 aromatic carbocycles. The molecule has 2 atom stereocenters. The Morgan fingerprint density at radius 2 is 2.29 bits per heavy atom. The molecule has 0 amide bonds. The number of piperidine rings is 1. The van der Waals surface area contributed by atoms with E-state index in [9.17, 15) is 8.76 Å². The lowest BCUT2D eigenvalue weighted by molar-refractivity contribution is 0.153. The molecule has 4 nitrogen and oxygen atoms in total. The van der Waals surface area contributed by atoms with Crippen molar-refractivity contribution in [2.24, 2.45) is 5.73 Å². The largest absolute Gasteiger partial charge is 0.772 e. The predicted molar refractivity (Wildman–Crippen MR) is 56.7 cm³/mol. The number of hydrogen-bond donors (Lipinski definition) is 1. The lowest BCUT2D eigenvalue weighted by Crippen LogP contribution is -2.44. The van der Waals surface area contributed by atoms with E-state index in [-0.39, 0.29) is 5.75 Å². The Bertz CT molecular complexity index is 190. The first-order chi connectivity index (χ1) is 6.74. The van der Waals surface area contributed by atoms with Crippen molar-refractivity contribution in [1.82, 2.24) is 4.90 Å². The van der Waals surface area contributed by atoms with Gasteiger partial charge in [-0.3, -0.25) is 9.11 Å². The van der Waals surface area contributed by atoms with Gasteiger partial charge in [-0.1, -0.05) is 17.5 Å². The van der Waals surface area contributed by atoms with Crippen LogP contribution in [0.2, 0.25) is 0 Å². The zero-order chi connectivity index (χ0) is 10.4. The number of hydrogen-bond acceptors (Lipinski definition) is 4. The quantitative estimate of drug-likeness (QED) is 0.664. The van der Waals surface area contributed by atoms with Crippen molar-refractivity contribution in [2.75, 3.05) is 25.4 Å². The molecule has 5 heteroatoms. The minimum absolute atomic E-state index is 0.272. The molecule has 14 heavy (non-hydrogen) atoms. The van der Waals surface area contributed by atoms with E-state index in [1.807, 2.05) is 0 Å². The minimum Gasteiger partial charge on any atom is -0.772 e. The summed E-state index contributed by atoms with van der Waals surface area (Å²) in [6, 6.07) is 0.476. The third-order valence-electron chi connectivity index (χ3n) is 2.78. The number of rotatable bonds is 5. The summed E-state index contributed by atoms with van der Waals surface area (Å²) < 4.78 is 20.7. The van der Waals surface area contributed by atoms with E-state index >= 15 is 0 Å². The molecule has 0 radical (unpaired) electrons. The summed E-state index contributed by atoms with van der Waals surface area (Å²) in [5.41, 5.74) is 5.66. The van der Waals surface area contributed by atoms with Gasteiger partial charge in [0.25, 0.3) is 0 Å². The highest BCUT2D eigenvalue weighted by Gasteiger charge is 2.19. The Labute approximate surface area is 88.1 Å². The van der Waals surface area contributed by atoms with Crippen LogP contribution in [0.3, 0.4) is 0 Å². The molecule has 2 N–H and O–H groups in total. The van der Waals surface area contributed by atoms with Gasteiger partial charge in [-0.25, -0.2) is 0 Å². The molecular weight excluding hydrogens is 200 g/mol. The molecule has 0 bridgehead atoms. The number of likely N-dealkylation sites (tertiary alicyclic amines) is 1. The van der Waals surface area contributed by atoms with Gasteiger partial charge in [-0.2, -0.15) is 0 Å². The fraction of sp³-hybridized carbons (Fsp3) is 1.00. The van der Waals surface area contributed by atoms with Crippen LogP contribution in [-0.2, 0) is 11.1 Å². The second-order valence-electron chi connectivity index (χ2n) is 3.78. The summed E-state index contributed by atoms with van der Waals surface area (Å²) in [7, 11) is 0. The highest BCUT2D eigenvalue weighted by Crippen LogP contribution is 2.15. The molecule has 1 heterocycles. The van der Waals surface area contributed by atoms with Crippen LogP contribution in [-0.4, -0.2) is 45.1 Å². The molecule has 84 valence electrons. The fourth-order valence-corrected chi connectivity index (χ4v) is 2.37. The third-order valence-corrected chi connectivity index (χ3v) is 3.40. The summed E-state index contributed by atoms with van der Waals surface area (Å²) >= 11 is -1.89. The maximum atomic E-state index is 10.3. The highest BCUT2D eigenvalue weighted by atomic mass is 32.2. The summed E-state index contributed by atoms with van der Waals surface area (Å²) in [4.78, 5) is 2.33. The van der Waals surface area contributed by atoms with Crippen molar-refractivity contribution in [3.8, 4) is 0 Å². The van der Waals surface area contributed by atoms with Gasteiger partial charge in [-0.15, -0.1) is 0 Å². The van der Waals surface area contributed by atoms with Crippen molar-refractivity contribution in [2.45, 2.75) is 31.7 Å². The first kappa shape index (κ1) is 12.1. The summed E-state index contributed by atoms with van der Waals surface area (Å²) in [6.07, 6.45) is 4.37. The molecule has 0 aromatic heterocycles. The monoisotopic (exact) mass is 219 g/mol. The van der Waals surface area contributed by atoms with Gasteiger partial charge in [0.1, 0.15) is 0 Å². The van der Waals surface area contributed by atoms with E-state index in [4.69, 9.17) is 5.73 Å². The van der Waals surface area contributed by atoms with Crippen LogP contribution < -0.4 is 5.73 Å². The van der Waals surface area contributed by atoms with Crippen LogP contribution in [0.1, 0.15) is 25.7 Å². The van der Waals surface area contributed by atoms with Gasteiger partial charge >= 0.3 is 0 Å². The van der Waals surface area contributed by atoms with E-state index < -0.39 is 11.1 Å². The first-order valence-corrected chi connectivity index (χ1v) is 6.48. The maximum Gasteiger partial charge on any atom is 0.0218 e. The van der Waals surface area contributed by atoms with Crippen LogP contribution in [0, 0.1) is 0 Å². The Morgan fingerprint density at radius 3 is 2.93 bits per heavy atom. The van der Waals surface area contributed by atoms with Crippen molar-refractivity contribution in [3.05, 3.63) is 0 Å². The molecule has 0 aromatic rings. The third kappa shape index (κ3) is 4.04. The Morgan fingerprint density at radius 1 is 1.50 bits per heavy atom. The molecule has 1 aliphatic heterocycles. The molecule has 0 aliphatic carbocycles. The minimum atomic E-state index is -1.89. The Hall–Kier alpha value is 0.0300. The van der Waals surface area contributed by atoms with Crippen LogP contribution in [0.15, 0.2) is 0 Å². The van der Waals surface area contributed by atoms with Crippen LogP contribution in [0.4, 0.5) is 0 Å². The average Bonchev–Trinajstić information content (AvgIpc) is 2.18. The zero-order valence-electron chi connectivity index (χ0n) is 8.48. The maximum absolute atomic E-state index is 10.3. The normalized spacial score (nSPS) is 26.3. The van der Waals surface area contributed by atoms with Gasteiger partial charge in [0.15, 0.2) is 0 Å². The van der Waals surface area contributed by atoms with Gasteiger partial charge in [0.2, 0.25) is 0 Å². The molecule has 1 fully saturated rings. The van der Waals surface area contributed by atoms with E-state index in [1.165, 1.54) is 12.8 Å². The second-order valence-corrected chi connectivity index (χ2v) is 4.80. The lowest BCUT2D eigenvalue weighted by atomic mass is 10.0. The van der Waals surface area contributed by atoms with Crippen LogP contribution in [0.25, 0.3) is 0 Å². The highest BCUT2D eigenvalue weighted by molar-refractivity contribution is 7.79. The zero-order valence-corrected chi connectivity index (χ0v) is 9.30. The molecule has 1 aliphatic rings. The molecule has 0 spiro atoms. The lowest BCUT2D eigenvalue weighted by Gasteiger charge is -2.35. The standard InChI is InChI=1S/C9H20N2O2S/c10-8-9-4-1-2-5-11(9)6-3-7-14(12)13/h9H,1-8,10H2,(H,12,13)/p-1. The number of nitrogens with zero attached hydrogens (tertiary/aromatic N) is 1. The predicted octanol–water partition coefficient (Wildman–Crippen LogP) is 0.0688.